The van der Waals surface area contributed by atoms with Crippen molar-refractivity contribution < 1.29 is 9.15 Å². The topological polar surface area (TPSA) is 89.5 Å². The molecule has 8 heteroatoms. The van der Waals surface area contributed by atoms with E-state index >= 15 is 0 Å². The summed E-state index contributed by atoms with van der Waals surface area (Å²) in [6, 6.07) is 4.16. The molecule has 0 spiro atoms. The van der Waals surface area contributed by atoms with E-state index in [1.165, 1.54) is 0 Å². The van der Waals surface area contributed by atoms with Gasteiger partial charge in [-0.1, -0.05) is 13.8 Å². The van der Waals surface area contributed by atoms with Crippen LogP contribution in [0.2, 0.25) is 0 Å². The largest absolute Gasteiger partial charge is 0.469 e. The third-order valence-electron chi connectivity index (χ3n) is 4.54. The average Bonchev–Trinajstić information content (AvgIpc) is 3.30. The first-order valence-corrected chi connectivity index (χ1v) is 9.65. The number of aliphatic imine (C=N–C) groups is 1. The lowest BCUT2D eigenvalue weighted by molar-refractivity contribution is 0.207. The molecule has 2 aromatic heterocycles. The zero-order valence-electron chi connectivity index (χ0n) is 16.4. The number of guanidine groups is 1. The van der Waals surface area contributed by atoms with Crippen molar-refractivity contribution in [2.24, 2.45) is 4.99 Å². The zero-order chi connectivity index (χ0) is 19.1. The second kappa shape index (κ2) is 9.55. The minimum absolute atomic E-state index is 0.275. The third-order valence-corrected chi connectivity index (χ3v) is 4.54. The number of rotatable bonds is 8. The molecule has 2 aromatic rings. The molecule has 0 aliphatic carbocycles. The molecule has 8 nitrogen and oxygen atoms in total. The highest BCUT2D eigenvalue weighted by Crippen LogP contribution is 2.16. The Hall–Kier alpha value is -2.35. The number of ether oxygens (including phenoxy) is 1. The average molecular weight is 374 g/mol. The summed E-state index contributed by atoms with van der Waals surface area (Å²) < 4.78 is 12.5. The smallest absolute Gasteiger partial charge is 0.191 e. The Bertz CT molecular complexity index is 723. The quantitative estimate of drug-likeness (QED) is 0.416. The van der Waals surface area contributed by atoms with Gasteiger partial charge in [-0.05, 0) is 18.6 Å². The summed E-state index contributed by atoms with van der Waals surface area (Å²) >= 11 is 0. The molecule has 0 aromatic carbocycles. The van der Waals surface area contributed by atoms with Crippen molar-refractivity contribution in [3.05, 3.63) is 35.8 Å². The van der Waals surface area contributed by atoms with Gasteiger partial charge in [0.1, 0.15) is 11.6 Å². The predicted molar refractivity (Wildman–Crippen MR) is 104 cm³/mol. The molecular formula is C19H30N6O2. The van der Waals surface area contributed by atoms with Crippen molar-refractivity contribution in [2.45, 2.75) is 51.6 Å². The number of methoxy groups -OCH3 is 1. The van der Waals surface area contributed by atoms with Gasteiger partial charge in [0, 0.05) is 38.5 Å². The Labute approximate surface area is 160 Å². The summed E-state index contributed by atoms with van der Waals surface area (Å²) in [6.07, 6.45) is 4.45. The van der Waals surface area contributed by atoms with Crippen LogP contribution in [0.1, 0.15) is 43.6 Å². The summed E-state index contributed by atoms with van der Waals surface area (Å²) in [5, 5.41) is 11.6. The van der Waals surface area contributed by atoms with Gasteiger partial charge in [-0.25, -0.2) is 9.67 Å². The fourth-order valence-corrected chi connectivity index (χ4v) is 3.04. The summed E-state index contributed by atoms with van der Waals surface area (Å²) in [7, 11) is 1.69. The summed E-state index contributed by atoms with van der Waals surface area (Å²) in [5.74, 6) is 4.13. The Morgan fingerprint density at radius 2 is 2.37 bits per heavy atom. The van der Waals surface area contributed by atoms with Crippen LogP contribution < -0.4 is 10.6 Å². The number of aryl methyl sites for hydroxylation is 1. The Morgan fingerprint density at radius 1 is 1.48 bits per heavy atom. The first-order valence-electron chi connectivity index (χ1n) is 9.65. The van der Waals surface area contributed by atoms with Crippen molar-refractivity contribution in [1.82, 2.24) is 25.4 Å². The van der Waals surface area contributed by atoms with Crippen LogP contribution >= 0.6 is 0 Å². The van der Waals surface area contributed by atoms with Crippen LogP contribution in [0.15, 0.2) is 27.8 Å². The highest BCUT2D eigenvalue weighted by molar-refractivity contribution is 5.80. The van der Waals surface area contributed by atoms with E-state index in [9.17, 15) is 0 Å². The van der Waals surface area contributed by atoms with Crippen LogP contribution in [0.4, 0.5) is 0 Å². The molecule has 2 N–H and O–H groups in total. The molecule has 3 rings (SSSR count). The standard InChI is InChI=1S/C19H30N6O2/c1-14(2)18-23-17-7-6-15(13-25(17)24-18)22-19(21-10-12-26-3)20-9-8-16-5-4-11-27-16/h4-5,11,14-15H,6-10,12-13H2,1-3H3,(H2,20,21,22). The minimum atomic E-state index is 0.275. The summed E-state index contributed by atoms with van der Waals surface area (Å²) in [4.78, 5) is 9.26. The molecule has 3 heterocycles. The Kier molecular flexibility index (Phi) is 6.86. The molecule has 27 heavy (non-hydrogen) atoms. The second-order valence-electron chi connectivity index (χ2n) is 7.08. The fraction of sp³-hybridized carbons (Fsp3) is 0.632. The molecule has 0 radical (unpaired) electrons. The third kappa shape index (κ3) is 5.56. The number of hydrogen-bond acceptors (Lipinski definition) is 5. The van der Waals surface area contributed by atoms with Crippen LogP contribution in [0.5, 0.6) is 0 Å². The van der Waals surface area contributed by atoms with E-state index in [0.717, 1.165) is 55.7 Å². The van der Waals surface area contributed by atoms with Gasteiger partial charge < -0.3 is 19.8 Å². The molecule has 0 saturated carbocycles. The van der Waals surface area contributed by atoms with E-state index < -0.39 is 0 Å². The van der Waals surface area contributed by atoms with Gasteiger partial charge in [-0.3, -0.25) is 4.99 Å². The monoisotopic (exact) mass is 374 g/mol. The molecule has 0 bridgehead atoms. The summed E-state index contributed by atoms with van der Waals surface area (Å²) in [5.41, 5.74) is 0. The predicted octanol–water partition coefficient (Wildman–Crippen LogP) is 1.73. The number of hydrogen-bond donors (Lipinski definition) is 2. The normalized spacial score (nSPS) is 17.2. The molecule has 1 aliphatic heterocycles. The lowest BCUT2D eigenvalue weighted by atomic mass is 10.1. The van der Waals surface area contributed by atoms with E-state index in [1.807, 2.05) is 16.8 Å². The van der Waals surface area contributed by atoms with E-state index in [0.29, 0.717) is 19.1 Å². The zero-order valence-corrected chi connectivity index (χ0v) is 16.4. The maximum absolute atomic E-state index is 5.39. The van der Waals surface area contributed by atoms with E-state index in [-0.39, 0.29) is 6.04 Å². The molecule has 0 amide bonds. The second-order valence-corrected chi connectivity index (χ2v) is 7.08. The molecular weight excluding hydrogens is 344 g/mol. The van der Waals surface area contributed by atoms with Gasteiger partial charge in [0.05, 0.1) is 26.0 Å². The Morgan fingerprint density at radius 3 is 3.11 bits per heavy atom. The Balaban J connectivity index is 1.56. The van der Waals surface area contributed by atoms with Crippen LogP contribution in [0.25, 0.3) is 0 Å². The van der Waals surface area contributed by atoms with Crippen molar-refractivity contribution in [1.29, 1.82) is 0 Å². The van der Waals surface area contributed by atoms with E-state index in [2.05, 4.69) is 39.6 Å². The van der Waals surface area contributed by atoms with Crippen molar-refractivity contribution in [2.75, 3.05) is 26.8 Å². The highest BCUT2D eigenvalue weighted by Gasteiger charge is 2.23. The van der Waals surface area contributed by atoms with Crippen molar-refractivity contribution in [3.63, 3.8) is 0 Å². The van der Waals surface area contributed by atoms with Gasteiger partial charge in [-0.2, -0.15) is 5.10 Å². The number of furan rings is 1. The minimum Gasteiger partial charge on any atom is -0.469 e. The number of nitrogens with zero attached hydrogens (tertiary/aromatic N) is 4. The first kappa shape index (κ1) is 19.4. The van der Waals surface area contributed by atoms with Gasteiger partial charge in [0.15, 0.2) is 11.8 Å². The van der Waals surface area contributed by atoms with Crippen LogP contribution in [-0.4, -0.2) is 53.6 Å². The van der Waals surface area contributed by atoms with Crippen LogP contribution in [0.3, 0.4) is 0 Å². The van der Waals surface area contributed by atoms with E-state index in [1.54, 1.807) is 13.4 Å². The molecule has 0 fully saturated rings. The molecule has 1 unspecified atom stereocenters. The van der Waals surface area contributed by atoms with Crippen molar-refractivity contribution in [3.8, 4) is 0 Å². The van der Waals surface area contributed by atoms with Gasteiger partial charge in [0.25, 0.3) is 0 Å². The highest BCUT2D eigenvalue weighted by atomic mass is 16.5. The first-order chi connectivity index (χ1) is 13.2. The molecule has 148 valence electrons. The maximum atomic E-state index is 5.39. The van der Waals surface area contributed by atoms with Gasteiger partial charge in [-0.15, -0.1) is 0 Å². The van der Waals surface area contributed by atoms with Gasteiger partial charge in [0.2, 0.25) is 0 Å². The van der Waals surface area contributed by atoms with Crippen LogP contribution in [0, 0.1) is 0 Å². The molecule has 1 atom stereocenters. The van der Waals surface area contributed by atoms with Crippen molar-refractivity contribution >= 4 is 5.96 Å². The lowest BCUT2D eigenvalue weighted by Gasteiger charge is -2.25. The van der Waals surface area contributed by atoms with Gasteiger partial charge >= 0.3 is 0 Å². The van der Waals surface area contributed by atoms with Crippen LogP contribution in [-0.2, 0) is 24.1 Å². The number of fused-ring (bicyclic) bond motifs is 1. The van der Waals surface area contributed by atoms with E-state index in [4.69, 9.17) is 9.15 Å². The lowest BCUT2D eigenvalue weighted by Crippen LogP contribution is -2.47. The summed E-state index contributed by atoms with van der Waals surface area (Å²) in [6.45, 7) is 7.02. The maximum Gasteiger partial charge on any atom is 0.191 e. The SMILES string of the molecule is COCCN=C(NCCc1ccco1)NC1CCc2nc(C(C)C)nn2C1. The molecule has 0 saturated heterocycles. The number of nitrogens with one attached hydrogen (secondary N) is 2. The fourth-order valence-electron chi connectivity index (χ4n) is 3.04. The number of aromatic nitrogens is 3. The molecule has 1 aliphatic rings.